The van der Waals surface area contributed by atoms with E-state index in [1.807, 2.05) is 13.0 Å². The molecule has 0 bridgehead atoms. The second-order valence-corrected chi connectivity index (χ2v) is 7.93. The lowest BCUT2D eigenvalue weighted by Crippen LogP contribution is -2.09. The molecule has 2 aromatic heterocycles. The lowest BCUT2D eigenvalue weighted by Gasteiger charge is -2.16. The van der Waals surface area contributed by atoms with Gasteiger partial charge >= 0.3 is 5.97 Å². The van der Waals surface area contributed by atoms with Crippen molar-refractivity contribution in [1.29, 1.82) is 5.26 Å². The van der Waals surface area contributed by atoms with Crippen molar-refractivity contribution in [1.82, 2.24) is 14.8 Å². The Morgan fingerprint density at radius 2 is 2.16 bits per heavy atom. The summed E-state index contributed by atoms with van der Waals surface area (Å²) >= 11 is 3.40. The molecule has 0 saturated heterocycles. The standard InChI is InChI=1S/C22H21BrFN5O2/c1-12(17-9-15(24)6-7-16(17)22(30)31-3)4-5-13-8-14(11-27-21(13)26)19-18(10-25)29(2)28-20(19)23/h6-9,11-12H,4-5H2,1-3H3,(H2,26,27)/t12-/m0/s1. The minimum absolute atomic E-state index is 0.132. The highest BCUT2D eigenvalue weighted by Crippen LogP contribution is 2.33. The summed E-state index contributed by atoms with van der Waals surface area (Å²) in [6.45, 7) is 1.92. The molecular weight excluding hydrogens is 465 g/mol. The third-order valence-corrected chi connectivity index (χ3v) is 5.75. The number of hydrogen-bond donors (Lipinski definition) is 1. The first-order valence-electron chi connectivity index (χ1n) is 9.51. The zero-order valence-electron chi connectivity index (χ0n) is 17.3. The van der Waals surface area contributed by atoms with Crippen molar-refractivity contribution in [3.05, 3.63) is 63.3 Å². The number of nitriles is 1. The Kier molecular flexibility index (Phi) is 6.71. The van der Waals surface area contributed by atoms with Crippen molar-refractivity contribution in [2.45, 2.75) is 25.7 Å². The van der Waals surface area contributed by atoms with E-state index in [1.54, 1.807) is 13.2 Å². The Balaban J connectivity index is 1.89. The Morgan fingerprint density at radius 3 is 2.84 bits per heavy atom. The maximum atomic E-state index is 13.8. The van der Waals surface area contributed by atoms with Crippen LogP contribution in [0, 0.1) is 17.1 Å². The minimum atomic E-state index is -0.504. The smallest absolute Gasteiger partial charge is 0.338 e. The average Bonchev–Trinajstić information content (AvgIpc) is 3.05. The number of pyridine rings is 1. The molecule has 2 heterocycles. The first-order chi connectivity index (χ1) is 14.8. The fraction of sp³-hybridized carbons (Fsp3) is 0.273. The third-order valence-electron chi connectivity index (χ3n) is 5.20. The van der Waals surface area contributed by atoms with Gasteiger partial charge in [-0.2, -0.15) is 10.4 Å². The molecule has 0 radical (unpaired) electrons. The summed E-state index contributed by atoms with van der Waals surface area (Å²) in [5, 5.41) is 13.7. The predicted molar refractivity (Wildman–Crippen MR) is 118 cm³/mol. The number of ether oxygens (including phenoxy) is 1. The number of nitrogens with zero attached hydrogens (tertiary/aromatic N) is 4. The highest BCUT2D eigenvalue weighted by Gasteiger charge is 2.20. The summed E-state index contributed by atoms with van der Waals surface area (Å²) in [6, 6.07) is 8.07. The fourth-order valence-electron chi connectivity index (χ4n) is 3.50. The quantitative estimate of drug-likeness (QED) is 0.519. The molecule has 31 heavy (non-hydrogen) atoms. The Hall–Kier alpha value is -3.25. The number of esters is 1. The number of aryl methyl sites for hydroxylation is 2. The number of carbonyl (C=O) groups is 1. The molecule has 160 valence electrons. The molecule has 0 unspecified atom stereocenters. The molecule has 2 N–H and O–H groups in total. The molecule has 1 atom stereocenters. The van der Waals surface area contributed by atoms with Crippen molar-refractivity contribution in [2.75, 3.05) is 12.8 Å². The summed E-state index contributed by atoms with van der Waals surface area (Å²) in [4.78, 5) is 16.3. The molecule has 0 aliphatic carbocycles. The SMILES string of the molecule is COC(=O)c1ccc(F)cc1[C@@H](C)CCc1cc(-c2c(Br)nn(C)c2C#N)cnc1N. The minimum Gasteiger partial charge on any atom is -0.465 e. The number of aromatic nitrogens is 3. The van der Waals surface area contributed by atoms with Gasteiger partial charge in [0.15, 0.2) is 0 Å². The lowest BCUT2D eigenvalue weighted by molar-refractivity contribution is 0.0599. The van der Waals surface area contributed by atoms with Crippen molar-refractivity contribution in [2.24, 2.45) is 7.05 Å². The van der Waals surface area contributed by atoms with Crippen molar-refractivity contribution in [3.8, 4) is 17.2 Å². The predicted octanol–water partition coefficient (Wildman–Crippen LogP) is 4.36. The van der Waals surface area contributed by atoms with Gasteiger partial charge in [-0.15, -0.1) is 0 Å². The van der Waals surface area contributed by atoms with Crippen LogP contribution in [0.4, 0.5) is 10.2 Å². The zero-order valence-corrected chi connectivity index (χ0v) is 18.9. The lowest BCUT2D eigenvalue weighted by atomic mass is 9.90. The van der Waals surface area contributed by atoms with Crippen LogP contribution in [0.1, 0.15) is 46.4 Å². The third kappa shape index (κ3) is 4.59. The Morgan fingerprint density at radius 1 is 1.42 bits per heavy atom. The van der Waals surface area contributed by atoms with Crippen LogP contribution < -0.4 is 5.73 Å². The maximum Gasteiger partial charge on any atom is 0.338 e. The second-order valence-electron chi connectivity index (χ2n) is 7.18. The monoisotopic (exact) mass is 485 g/mol. The van der Waals surface area contributed by atoms with Crippen molar-refractivity contribution in [3.63, 3.8) is 0 Å². The first-order valence-corrected chi connectivity index (χ1v) is 10.3. The van der Waals surface area contributed by atoms with Gasteiger partial charge in [0.1, 0.15) is 28.0 Å². The highest BCUT2D eigenvalue weighted by molar-refractivity contribution is 9.10. The van der Waals surface area contributed by atoms with Gasteiger partial charge in [-0.25, -0.2) is 14.2 Å². The van der Waals surface area contributed by atoms with Gasteiger partial charge in [-0.3, -0.25) is 4.68 Å². The van der Waals surface area contributed by atoms with Crippen LogP contribution in [0.15, 0.2) is 35.1 Å². The zero-order chi connectivity index (χ0) is 22.7. The molecule has 3 aromatic rings. The number of nitrogen functional groups attached to an aromatic ring is 1. The van der Waals surface area contributed by atoms with Gasteiger partial charge in [0.25, 0.3) is 0 Å². The fourth-order valence-corrected chi connectivity index (χ4v) is 4.15. The van der Waals surface area contributed by atoms with Crippen LogP contribution in [0.5, 0.6) is 0 Å². The normalized spacial score (nSPS) is 11.7. The van der Waals surface area contributed by atoms with E-state index in [0.29, 0.717) is 45.6 Å². The molecule has 1 aromatic carbocycles. The molecule has 3 rings (SSSR count). The van der Waals surface area contributed by atoms with E-state index in [9.17, 15) is 14.4 Å². The average molecular weight is 486 g/mol. The molecule has 0 amide bonds. The molecule has 7 nitrogen and oxygen atoms in total. The molecule has 0 spiro atoms. The summed E-state index contributed by atoms with van der Waals surface area (Å²) < 4.78 is 20.7. The van der Waals surface area contributed by atoms with Crippen LogP contribution in [-0.2, 0) is 18.2 Å². The molecular formula is C22H21BrFN5O2. The molecule has 0 fully saturated rings. The van der Waals surface area contributed by atoms with Crippen LogP contribution in [0.2, 0.25) is 0 Å². The summed E-state index contributed by atoms with van der Waals surface area (Å²) in [7, 11) is 2.99. The first kappa shape index (κ1) is 22.4. The topological polar surface area (TPSA) is 107 Å². The van der Waals surface area contributed by atoms with Gasteiger partial charge in [-0.1, -0.05) is 6.92 Å². The van der Waals surface area contributed by atoms with Gasteiger partial charge in [0.2, 0.25) is 0 Å². The van der Waals surface area contributed by atoms with Crippen molar-refractivity contribution < 1.29 is 13.9 Å². The van der Waals surface area contributed by atoms with Gasteiger partial charge in [-0.05, 0) is 70.1 Å². The molecule has 9 heteroatoms. The van der Waals surface area contributed by atoms with E-state index < -0.39 is 11.8 Å². The summed E-state index contributed by atoms with van der Waals surface area (Å²) in [5.41, 5.74) is 9.56. The van der Waals surface area contributed by atoms with E-state index in [4.69, 9.17) is 10.5 Å². The highest BCUT2D eigenvalue weighted by atomic mass is 79.9. The van der Waals surface area contributed by atoms with E-state index in [1.165, 1.54) is 30.0 Å². The number of rotatable bonds is 6. The number of nitrogens with two attached hydrogens (primary N) is 1. The van der Waals surface area contributed by atoms with E-state index >= 15 is 0 Å². The summed E-state index contributed by atoms with van der Waals surface area (Å²) in [6.07, 6.45) is 2.75. The van der Waals surface area contributed by atoms with E-state index in [-0.39, 0.29) is 5.92 Å². The van der Waals surface area contributed by atoms with Crippen LogP contribution in [0.25, 0.3) is 11.1 Å². The van der Waals surface area contributed by atoms with Crippen molar-refractivity contribution >= 4 is 27.7 Å². The van der Waals surface area contributed by atoms with Crippen LogP contribution in [-0.4, -0.2) is 27.8 Å². The second kappa shape index (κ2) is 9.27. The van der Waals surface area contributed by atoms with Crippen LogP contribution >= 0.6 is 15.9 Å². The van der Waals surface area contributed by atoms with Gasteiger partial charge < -0.3 is 10.5 Å². The number of carbonyl (C=O) groups excluding carboxylic acids is 1. The number of benzene rings is 1. The molecule has 0 saturated carbocycles. The Labute approximate surface area is 187 Å². The molecule has 0 aliphatic rings. The largest absolute Gasteiger partial charge is 0.465 e. The molecule has 0 aliphatic heterocycles. The van der Waals surface area contributed by atoms with Crippen LogP contribution in [0.3, 0.4) is 0 Å². The van der Waals surface area contributed by atoms with Gasteiger partial charge in [0.05, 0.1) is 18.2 Å². The number of anilines is 1. The Bertz CT molecular complexity index is 1190. The van der Waals surface area contributed by atoms with Gasteiger partial charge in [0, 0.05) is 18.8 Å². The van der Waals surface area contributed by atoms with E-state index in [0.717, 1.165) is 11.1 Å². The van der Waals surface area contributed by atoms with E-state index in [2.05, 4.69) is 32.1 Å². The number of hydrogen-bond acceptors (Lipinski definition) is 6. The number of methoxy groups -OCH3 is 1. The maximum absolute atomic E-state index is 13.8. The number of halogens is 2. The summed E-state index contributed by atoms with van der Waals surface area (Å²) in [5.74, 6) is -0.673.